The Morgan fingerprint density at radius 2 is 2.35 bits per heavy atom. The van der Waals surface area contributed by atoms with Crippen LogP contribution in [0, 0.1) is 6.92 Å². The summed E-state index contributed by atoms with van der Waals surface area (Å²) in [5, 5.41) is 10.4. The second-order valence-corrected chi connectivity index (χ2v) is 4.72. The molecule has 0 spiro atoms. The van der Waals surface area contributed by atoms with Crippen LogP contribution < -0.4 is 5.32 Å². The Morgan fingerprint density at radius 3 is 3.18 bits per heavy atom. The van der Waals surface area contributed by atoms with E-state index in [0.717, 1.165) is 22.7 Å². The van der Waals surface area contributed by atoms with Crippen molar-refractivity contribution >= 4 is 27.2 Å². The van der Waals surface area contributed by atoms with E-state index in [-0.39, 0.29) is 0 Å². The van der Waals surface area contributed by atoms with Crippen molar-refractivity contribution in [2.75, 3.05) is 5.32 Å². The smallest absolute Gasteiger partial charge is 0.134 e. The summed E-state index contributed by atoms with van der Waals surface area (Å²) in [6.45, 7) is 2.51. The number of thiophene rings is 1. The highest BCUT2D eigenvalue weighted by Gasteiger charge is 2.04. The van der Waals surface area contributed by atoms with E-state index in [1.165, 1.54) is 4.70 Å². The predicted molar refractivity (Wildman–Crippen MR) is 68.2 cm³/mol. The number of hydrogen-bond acceptors (Lipinski definition) is 5. The van der Waals surface area contributed by atoms with Crippen LogP contribution in [0.5, 0.6) is 0 Å². The zero-order valence-electron chi connectivity index (χ0n) is 9.30. The second-order valence-electron chi connectivity index (χ2n) is 3.77. The molecule has 4 nitrogen and oxygen atoms in total. The van der Waals surface area contributed by atoms with E-state index < -0.39 is 0 Å². The van der Waals surface area contributed by atoms with Gasteiger partial charge in [0.05, 0.1) is 6.54 Å². The van der Waals surface area contributed by atoms with Crippen molar-refractivity contribution in [3.05, 3.63) is 41.2 Å². The second kappa shape index (κ2) is 4.18. The molecule has 0 atom stereocenters. The van der Waals surface area contributed by atoms with Gasteiger partial charge in [-0.25, -0.2) is 4.98 Å². The van der Waals surface area contributed by atoms with Crippen LogP contribution in [0.25, 0.3) is 10.1 Å². The SMILES string of the molecule is Cc1cc(CNc2nccc3sccc23)no1. The molecular weight excluding hydrogens is 234 g/mol. The van der Waals surface area contributed by atoms with Crippen LogP contribution in [0.1, 0.15) is 11.5 Å². The zero-order chi connectivity index (χ0) is 11.7. The molecule has 0 saturated heterocycles. The van der Waals surface area contributed by atoms with Crippen molar-refractivity contribution in [2.45, 2.75) is 13.5 Å². The van der Waals surface area contributed by atoms with Gasteiger partial charge in [-0.15, -0.1) is 11.3 Å². The summed E-state index contributed by atoms with van der Waals surface area (Å²) < 4.78 is 6.25. The topological polar surface area (TPSA) is 51.0 Å². The zero-order valence-corrected chi connectivity index (χ0v) is 10.1. The van der Waals surface area contributed by atoms with Gasteiger partial charge in [-0.3, -0.25) is 0 Å². The summed E-state index contributed by atoms with van der Waals surface area (Å²) in [6.07, 6.45) is 1.81. The van der Waals surface area contributed by atoms with Crippen molar-refractivity contribution in [2.24, 2.45) is 0 Å². The van der Waals surface area contributed by atoms with Gasteiger partial charge >= 0.3 is 0 Å². The molecule has 17 heavy (non-hydrogen) atoms. The molecule has 0 aliphatic carbocycles. The standard InChI is InChI=1S/C12H11N3OS/c1-8-6-9(15-16-8)7-14-12-10-3-5-17-11(10)2-4-13-12/h2-6H,7H2,1H3,(H,13,14). The van der Waals surface area contributed by atoms with Crippen molar-refractivity contribution < 1.29 is 4.52 Å². The monoisotopic (exact) mass is 245 g/mol. The first-order chi connectivity index (χ1) is 8.33. The average molecular weight is 245 g/mol. The highest BCUT2D eigenvalue weighted by molar-refractivity contribution is 7.17. The van der Waals surface area contributed by atoms with Crippen molar-refractivity contribution in [3.8, 4) is 0 Å². The number of nitrogens with one attached hydrogen (secondary N) is 1. The molecule has 86 valence electrons. The summed E-state index contributed by atoms with van der Waals surface area (Å²) in [7, 11) is 0. The molecule has 0 aliphatic heterocycles. The van der Waals surface area contributed by atoms with Gasteiger partial charge in [0, 0.05) is 22.3 Å². The molecule has 0 amide bonds. The van der Waals surface area contributed by atoms with E-state index in [0.29, 0.717) is 6.54 Å². The van der Waals surface area contributed by atoms with Crippen LogP contribution in [-0.2, 0) is 6.54 Å². The predicted octanol–water partition coefficient (Wildman–Crippen LogP) is 3.20. The van der Waals surface area contributed by atoms with Gasteiger partial charge in [0.15, 0.2) is 0 Å². The van der Waals surface area contributed by atoms with E-state index in [4.69, 9.17) is 4.52 Å². The number of pyridine rings is 1. The molecule has 5 heteroatoms. The van der Waals surface area contributed by atoms with Gasteiger partial charge in [0.2, 0.25) is 0 Å². The van der Waals surface area contributed by atoms with Crippen LogP contribution in [0.4, 0.5) is 5.82 Å². The van der Waals surface area contributed by atoms with Crippen LogP contribution in [0.2, 0.25) is 0 Å². The minimum Gasteiger partial charge on any atom is -0.364 e. The van der Waals surface area contributed by atoms with Gasteiger partial charge in [0.25, 0.3) is 0 Å². The highest BCUT2D eigenvalue weighted by atomic mass is 32.1. The Hall–Kier alpha value is -1.88. The van der Waals surface area contributed by atoms with Crippen LogP contribution in [0.3, 0.4) is 0 Å². The molecule has 3 rings (SSSR count). The fourth-order valence-corrected chi connectivity index (χ4v) is 2.49. The Bertz CT molecular complexity index is 644. The molecule has 0 bridgehead atoms. The lowest BCUT2D eigenvalue weighted by Crippen LogP contribution is -2.01. The first-order valence-corrected chi connectivity index (χ1v) is 6.19. The number of rotatable bonds is 3. The summed E-state index contributed by atoms with van der Waals surface area (Å²) in [5.74, 6) is 1.72. The van der Waals surface area contributed by atoms with Gasteiger partial charge in [-0.05, 0) is 24.4 Å². The van der Waals surface area contributed by atoms with Gasteiger partial charge < -0.3 is 9.84 Å². The molecule has 3 aromatic heterocycles. The van der Waals surface area contributed by atoms with E-state index in [2.05, 4.69) is 26.9 Å². The fourth-order valence-electron chi connectivity index (χ4n) is 1.71. The normalized spacial score (nSPS) is 10.9. The molecular formula is C12H11N3OS. The van der Waals surface area contributed by atoms with Crippen LogP contribution >= 0.6 is 11.3 Å². The molecule has 3 heterocycles. The Balaban J connectivity index is 1.83. The third-order valence-corrected chi connectivity index (χ3v) is 3.38. The maximum absolute atomic E-state index is 5.02. The van der Waals surface area contributed by atoms with E-state index in [1.54, 1.807) is 11.3 Å². The van der Waals surface area contributed by atoms with E-state index in [9.17, 15) is 0 Å². The Kier molecular flexibility index (Phi) is 2.53. The highest BCUT2D eigenvalue weighted by Crippen LogP contribution is 2.25. The average Bonchev–Trinajstić information content (AvgIpc) is 2.94. The third kappa shape index (κ3) is 2.01. The number of aromatic nitrogens is 2. The first kappa shape index (κ1) is 10.3. The van der Waals surface area contributed by atoms with E-state index in [1.807, 2.05) is 25.3 Å². The maximum atomic E-state index is 5.02. The lowest BCUT2D eigenvalue weighted by atomic mass is 10.3. The van der Waals surface area contributed by atoms with Crippen molar-refractivity contribution in [1.29, 1.82) is 0 Å². The van der Waals surface area contributed by atoms with Gasteiger partial charge in [-0.2, -0.15) is 0 Å². The van der Waals surface area contributed by atoms with Crippen molar-refractivity contribution in [1.82, 2.24) is 10.1 Å². The molecule has 1 N–H and O–H groups in total. The number of aryl methyl sites for hydroxylation is 1. The van der Waals surface area contributed by atoms with Crippen molar-refractivity contribution in [3.63, 3.8) is 0 Å². The molecule has 3 aromatic rings. The lowest BCUT2D eigenvalue weighted by Gasteiger charge is -2.03. The molecule has 0 aliphatic rings. The first-order valence-electron chi connectivity index (χ1n) is 5.31. The molecule has 0 unspecified atom stereocenters. The minimum absolute atomic E-state index is 0.624. The lowest BCUT2D eigenvalue weighted by molar-refractivity contribution is 0.391. The Labute approximate surface area is 102 Å². The quantitative estimate of drug-likeness (QED) is 0.769. The summed E-state index contributed by atoms with van der Waals surface area (Å²) in [5.41, 5.74) is 0.886. The number of fused-ring (bicyclic) bond motifs is 1. The maximum Gasteiger partial charge on any atom is 0.134 e. The molecule has 0 saturated carbocycles. The summed E-state index contributed by atoms with van der Waals surface area (Å²) in [6, 6.07) is 6.01. The number of nitrogens with zero attached hydrogens (tertiary/aromatic N) is 2. The minimum atomic E-state index is 0.624. The summed E-state index contributed by atoms with van der Waals surface area (Å²) >= 11 is 1.71. The third-order valence-electron chi connectivity index (χ3n) is 2.49. The number of anilines is 1. The number of hydrogen-bond donors (Lipinski definition) is 1. The molecule has 0 fully saturated rings. The summed E-state index contributed by atoms with van der Waals surface area (Å²) in [4.78, 5) is 4.34. The largest absolute Gasteiger partial charge is 0.364 e. The Morgan fingerprint density at radius 1 is 1.41 bits per heavy atom. The molecule has 0 aromatic carbocycles. The van der Waals surface area contributed by atoms with Gasteiger partial charge in [-0.1, -0.05) is 5.16 Å². The molecule has 0 radical (unpaired) electrons. The van der Waals surface area contributed by atoms with E-state index >= 15 is 0 Å². The van der Waals surface area contributed by atoms with Gasteiger partial charge in [0.1, 0.15) is 17.3 Å². The van der Waals surface area contributed by atoms with Crippen LogP contribution in [0.15, 0.2) is 34.3 Å². The van der Waals surface area contributed by atoms with Crippen LogP contribution in [-0.4, -0.2) is 10.1 Å². The fraction of sp³-hybridized carbons (Fsp3) is 0.167.